The van der Waals surface area contributed by atoms with E-state index in [0.717, 1.165) is 11.3 Å². The van der Waals surface area contributed by atoms with E-state index in [-0.39, 0.29) is 29.9 Å². The average Bonchev–Trinajstić information content (AvgIpc) is 3.17. The predicted molar refractivity (Wildman–Crippen MR) is 117 cm³/mol. The molecule has 1 unspecified atom stereocenters. The van der Waals surface area contributed by atoms with Crippen molar-refractivity contribution in [2.45, 2.75) is 12.8 Å². The van der Waals surface area contributed by atoms with E-state index >= 15 is 0 Å². The van der Waals surface area contributed by atoms with Crippen molar-refractivity contribution in [2.24, 2.45) is 10.7 Å². The molecule has 2 aromatic carbocycles. The first-order valence-electron chi connectivity index (χ1n) is 8.26. The number of anilines is 1. The molecule has 0 spiro atoms. The molecule has 0 amide bonds. The smallest absolute Gasteiger partial charge is 0.231 e. The Bertz CT molecular complexity index is 883. The number of para-hydroxylation sites is 2. The maximum atomic E-state index is 5.97. The molecular formula is C19H22IN5O2. The Labute approximate surface area is 175 Å². The zero-order valence-corrected chi connectivity index (χ0v) is 17.5. The number of aliphatic imine (C=N–C) groups is 1. The van der Waals surface area contributed by atoms with Crippen LogP contribution in [0.4, 0.5) is 5.69 Å². The standard InChI is InChI=1S/C19H21N5O2.HI/c1-13(18-23-17(24-26-18)14-8-4-3-5-9-14)12-21-19(20)22-15-10-6-7-11-16(15)25-2;/h3-11,13H,12H2,1-2H3,(H3,20,21,22);1H. The summed E-state index contributed by atoms with van der Waals surface area (Å²) in [5.74, 6) is 2.03. The third-order valence-electron chi connectivity index (χ3n) is 3.80. The average molecular weight is 479 g/mol. The zero-order valence-electron chi connectivity index (χ0n) is 15.1. The van der Waals surface area contributed by atoms with Gasteiger partial charge in [0.1, 0.15) is 5.75 Å². The molecule has 0 aliphatic heterocycles. The maximum absolute atomic E-state index is 5.97. The second-order valence-electron chi connectivity index (χ2n) is 5.77. The van der Waals surface area contributed by atoms with Gasteiger partial charge in [-0.1, -0.05) is 54.5 Å². The van der Waals surface area contributed by atoms with E-state index in [0.29, 0.717) is 30.0 Å². The second-order valence-corrected chi connectivity index (χ2v) is 5.77. The van der Waals surface area contributed by atoms with Crippen molar-refractivity contribution in [3.8, 4) is 17.1 Å². The van der Waals surface area contributed by atoms with Crippen LogP contribution in [0.25, 0.3) is 11.4 Å². The summed E-state index contributed by atoms with van der Waals surface area (Å²) in [4.78, 5) is 8.79. The maximum Gasteiger partial charge on any atom is 0.231 e. The Morgan fingerprint density at radius 1 is 1.19 bits per heavy atom. The van der Waals surface area contributed by atoms with Crippen LogP contribution < -0.4 is 15.8 Å². The van der Waals surface area contributed by atoms with Gasteiger partial charge < -0.3 is 20.3 Å². The zero-order chi connectivity index (χ0) is 18.4. The lowest BCUT2D eigenvalue weighted by molar-refractivity contribution is 0.361. The number of guanidine groups is 1. The number of nitrogens with zero attached hydrogens (tertiary/aromatic N) is 3. The molecule has 0 aliphatic rings. The molecule has 142 valence electrons. The van der Waals surface area contributed by atoms with Gasteiger partial charge in [-0.05, 0) is 12.1 Å². The summed E-state index contributed by atoms with van der Waals surface area (Å²) in [7, 11) is 1.61. The Kier molecular flexibility index (Phi) is 7.59. The number of nitrogens with one attached hydrogen (secondary N) is 1. The fourth-order valence-corrected chi connectivity index (χ4v) is 2.38. The summed E-state index contributed by atoms with van der Waals surface area (Å²) in [6.07, 6.45) is 0. The van der Waals surface area contributed by atoms with Gasteiger partial charge in [-0.25, -0.2) is 0 Å². The van der Waals surface area contributed by atoms with Crippen LogP contribution in [-0.2, 0) is 0 Å². The predicted octanol–water partition coefficient (Wildman–Crippen LogP) is 3.89. The molecule has 3 aromatic rings. The van der Waals surface area contributed by atoms with Crippen LogP contribution in [-0.4, -0.2) is 29.8 Å². The third kappa shape index (κ3) is 5.43. The molecule has 27 heavy (non-hydrogen) atoms. The van der Waals surface area contributed by atoms with E-state index in [1.807, 2.05) is 61.5 Å². The van der Waals surface area contributed by atoms with E-state index < -0.39 is 0 Å². The Hall–Kier alpha value is -2.62. The molecule has 1 aromatic heterocycles. The highest BCUT2D eigenvalue weighted by molar-refractivity contribution is 14.0. The summed E-state index contributed by atoms with van der Waals surface area (Å²) >= 11 is 0. The van der Waals surface area contributed by atoms with E-state index in [1.54, 1.807) is 7.11 Å². The molecule has 1 heterocycles. The van der Waals surface area contributed by atoms with Crippen molar-refractivity contribution in [1.82, 2.24) is 10.1 Å². The summed E-state index contributed by atoms with van der Waals surface area (Å²) in [6, 6.07) is 17.2. The number of aromatic nitrogens is 2. The van der Waals surface area contributed by atoms with Crippen LogP contribution in [0.15, 0.2) is 64.1 Å². The van der Waals surface area contributed by atoms with Gasteiger partial charge in [-0.3, -0.25) is 4.99 Å². The molecule has 0 saturated carbocycles. The Morgan fingerprint density at radius 3 is 2.63 bits per heavy atom. The van der Waals surface area contributed by atoms with Crippen molar-refractivity contribution in [3.05, 3.63) is 60.5 Å². The topological polar surface area (TPSA) is 98.6 Å². The molecule has 3 rings (SSSR count). The number of hydrogen-bond donors (Lipinski definition) is 2. The molecule has 7 nitrogen and oxygen atoms in total. The normalized spacial score (nSPS) is 12.1. The molecule has 0 bridgehead atoms. The number of rotatable bonds is 6. The first-order valence-corrected chi connectivity index (χ1v) is 8.26. The minimum Gasteiger partial charge on any atom is -0.495 e. The van der Waals surface area contributed by atoms with Crippen molar-refractivity contribution >= 4 is 35.6 Å². The lowest BCUT2D eigenvalue weighted by atomic mass is 10.2. The van der Waals surface area contributed by atoms with Crippen molar-refractivity contribution in [1.29, 1.82) is 0 Å². The van der Waals surface area contributed by atoms with Gasteiger partial charge in [-0.15, -0.1) is 24.0 Å². The number of benzene rings is 2. The summed E-state index contributed by atoms with van der Waals surface area (Å²) < 4.78 is 10.6. The number of methoxy groups -OCH3 is 1. The minimum absolute atomic E-state index is 0. The van der Waals surface area contributed by atoms with Gasteiger partial charge in [0.15, 0.2) is 5.96 Å². The highest BCUT2D eigenvalue weighted by Crippen LogP contribution is 2.23. The fraction of sp³-hybridized carbons (Fsp3) is 0.211. The van der Waals surface area contributed by atoms with Crippen molar-refractivity contribution in [3.63, 3.8) is 0 Å². The van der Waals surface area contributed by atoms with Gasteiger partial charge in [0.05, 0.1) is 25.3 Å². The second kappa shape index (κ2) is 9.91. The SMILES string of the molecule is COc1ccccc1NC(N)=NCC(C)c1nc(-c2ccccc2)no1.I. The van der Waals surface area contributed by atoms with E-state index in [4.69, 9.17) is 15.0 Å². The quantitative estimate of drug-likeness (QED) is 0.316. The highest BCUT2D eigenvalue weighted by Gasteiger charge is 2.15. The first kappa shape index (κ1) is 20.7. The molecule has 1 atom stereocenters. The molecule has 3 N–H and O–H groups in total. The Balaban J connectivity index is 0.00000261. The number of hydrogen-bond acceptors (Lipinski definition) is 5. The fourth-order valence-electron chi connectivity index (χ4n) is 2.38. The number of ether oxygens (including phenoxy) is 1. The van der Waals surface area contributed by atoms with Gasteiger partial charge >= 0.3 is 0 Å². The van der Waals surface area contributed by atoms with Crippen LogP contribution in [0.5, 0.6) is 5.75 Å². The molecular weight excluding hydrogens is 457 g/mol. The van der Waals surface area contributed by atoms with Crippen LogP contribution in [0.3, 0.4) is 0 Å². The van der Waals surface area contributed by atoms with E-state index in [2.05, 4.69) is 20.4 Å². The van der Waals surface area contributed by atoms with Crippen molar-refractivity contribution in [2.75, 3.05) is 19.0 Å². The number of halogens is 1. The van der Waals surface area contributed by atoms with E-state index in [1.165, 1.54) is 0 Å². The lowest BCUT2D eigenvalue weighted by Crippen LogP contribution is -2.23. The molecule has 0 radical (unpaired) electrons. The van der Waals surface area contributed by atoms with Gasteiger partial charge in [0.2, 0.25) is 11.7 Å². The summed E-state index contributed by atoms with van der Waals surface area (Å²) in [5.41, 5.74) is 7.64. The molecule has 0 aliphatic carbocycles. The van der Waals surface area contributed by atoms with Gasteiger partial charge in [0.25, 0.3) is 0 Å². The van der Waals surface area contributed by atoms with Crippen LogP contribution in [0.1, 0.15) is 18.7 Å². The van der Waals surface area contributed by atoms with Crippen LogP contribution in [0, 0.1) is 0 Å². The third-order valence-corrected chi connectivity index (χ3v) is 3.80. The van der Waals surface area contributed by atoms with Crippen LogP contribution in [0.2, 0.25) is 0 Å². The highest BCUT2D eigenvalue weighted by atomic mass is 127. The lowest BCUT2D eigenvalue weighted by Gasteiger charge is -2.10. The molecule has 0 fully saturated rings. The number of nitrogens with two attached hydrogens (primary N) is 1. The van der Waals surface area contributed by atoms with Crippen LogP contribution >= 0.6 is 24.0 Å². The largest absolute Gasteiger partial charge is 0.495 e. The van der Waals surface area contributed by atoms with Crippen molar-refractivity contribution < 1.29 is 9.26 Å². The summed E-state index contributed by atoms with van der Waals surface area (Å²) in [5, 5.41) is 7.06. The first-order chi connectivity index (χ1) is 12.7. The van der Waals surface area contributed by atoms with Gasteiger partial charge in [-0.2, -0.15) is 4.98 Å². The molecule has 0 saturated heterocycles. The minimum atomic E-state index is -0.0574. The van der Waals surface area contributed by atoms with Gasteiger partial charge in [0, 0.05) is 5.56 Å². The molecule has 8 heteroatoms. The summed E-state index contributed by atoms with van der Waals surface area (Å²) in [6.45, 7) is 2.38. The van der Waals surface area contributed by atoms with E-state index in [9.17, 15) is 0 Å². The Morgan fingerprint density at radius 2 is 1.89 bits per heavy atom. The monoisotopic (exact) mass is 479 g/mol.